The predicted octanol–water partition coefficient (Wildman–Crippen LogP) is 3.35. The van der Waals surface area contributed by atoms with Crippen LogP contribution in [-0.2, 0) is 4.79 Å². The molecule has 0 spiro atoms. The van der Waals surface area contributed by atoms with E-state index in [2.05, 4.69) is 10.2 Å². The van der Waals surface area contributed by atoms with E-state index in [1.165, 1.54) is 12.1 Å². The van der Waals surface area contributed by atoms with Crippen molar-refractivity contribution in [2.75, 3.05) is 31.1 Å². The van der Waals surface area contributed by atoms with Crippen molar-refractivity contribution in [3.8, 4) is 0 Å². The van der Waals surface area contributed by atoms with E-state index < -0.39 is 11.0 Å². The number of hydrogen-bond donors (Lipinski definition) is 1. The van der Waals surface area contributed by atoms with Crippen LogP contribution in [0.15, 0.2) is 48.5 Å². The van der Waals surface area contributed by atoms with Crippen LogP contribution in [0.25, 0.3) is 0 Å². The summed E-state index contributed by atoms with van der Waals surface area (Å²) in [5.74, 6) is -0.590. The fourth-order valence-corrected chi connectivity index (χ4v) is 3.77. The number of benzene rings is 2. The summed E-state index contributed by atoms with van der Waals surface area (Å²) >= 11 is 6.11. The fraction of sp³-hybridized carbons (Fsp3) is 0.364. The number of carbonyl (C=O) groups excluding carboxylic acids is 2. The van der Waals surface area contributed by atoms with Gasteiger partial charge in [-0.05, 0) is 30.2 Å². The number of nitrogens with zero attached hydrogens (tertiary/aromatic N) is 3. The number of amides is 2. The number of rotatable bonds is 6. The van der Waals surface area contributed by atoms with Crippen LogP contribution in [0.1, 0.15) is 24.2 Å². The van der Waals surface area contributed by atoms with Gasteiger partial charge in [-0.2, -0.15) is 0 Å². The average Bonchev–Trinajstić information content (AvgIpc) is 2.77. The Morgan fingerprint density at radius 1 is 1.03 bits per heavy atom. The quantitative estimate of drug-likeness (QED) is 0.544. The van der Waals surface area contributed by atoms with Crippen molar-refractivity contribution in [2.45, 2.75) is 19.9 Å². The number of hydrogen-bond acceptors (Lipinski definition) is 5. The highest BCUT2D eigenvalue weighted by Gasteiger charge is 2.31. The first-order valence-electron chi connectivity index (χ1n) is 10.1. The maximum Gasteiger partial charge on any atom is 0.269 e. The molecule has 1 heterocycles. The monoisotopic (exact) mass is 444 g/mol. The maximum atomic E-state index is 13.1. The van der Waals surface area contributed by atoms with Crippen LogP contribution in [0.2, 0.25) is 5.02 Å². The Balaban J connectivity index is 1.62. The van der Waals surface area contributed by atoms with Crippen LogP contribution in [0, 0.1) is 16.0 Å². The molecule has 2 amide bonds. The van der Waals surface area contributed by atoms with Gasteiger partial charge in [0.05, 0.1) is 15.5 Å². The van der Waals surface area contributed by atoms with Crippen molar-refractivity contribution in [1.82, 2.24) is 10.2 Å². The molecule has 3 rings (SSSR count). The van der Waals surface area contributed by atoms with Crippen molar-refractivity contribution in [1.29, 1.82) is 0 Å². The first-order chi connectivity index (χ1) is 14.8. The minimum atomic E-state index is -0.658. The second-order valence-corrected chi connectivity index (χ2v) is 8.17. The molecule has 1 unspecified atom stereocenters. The van der Waals surface area contributed by atoms with E-state index >= 15 is 0 Å². The topological polar surface area (TPSA) is 95.8 Å². The molecule has 2 aromatic rings. The number of nitro benzene ring substituents is 1. The second-order valence-electron chi connectivity index (χ2n) is 7.76. The zero-order valence-electron chi connectivity index (χ0n) is 17.5. The van der Waals surface area contributed by atoms with Crippen LogP contribution < -0.4 is 10.2 Å². The maximum absolute atomic E-state index is 13.1. The molecule has 164 valence electrons. The number of piperazine rings is 1. The number of halogens is 1. The van der Waals surface area contributed by atoms with Gasteiger partial charge in [-0.3, -0.25) is 19.7 Å². The van der Waals surface area contributed by atoms with Crippen molar-refractivity contribution in [2.24, 2.45) is 5.92 Å². The van der Waals surface area contributed by atoms with Crippen LogP contribution in [0.5, 0.6) is 0 Å². The minimum absolute atomic E-state index is 0.0478. The van der Waals surface area contributed by atoms with Gasteiger partial charge in [-0.15, -0.1) is 0 Å². The zero-order chi connectivity index (χ0) is 22.5. The number of carbonyl (C=O) groups is 2. The number of anilines is 1. The van der Waals surface area contributed by atoms with Gasteiger partial charge >= 0.3 is 0 Å². The Bertz CT molecular complexity index is 956. The summed E-state index contributed by atoms with van der Waals surface area (Å²) in [6, 6.07) is 12.5. The molecular formula is C22H25ClN4O4. The summed E-state index contributed by atoms with van der Waals surface area (Å²) in [7, 11) is 0. The molecule has 1 atom stereocenters. The van der Waals surface area contributed by atoms with Crippen molar-refractivity contribution >= 4 is 34.8 Å². The van der Waals surface area contributed by atoms with Crippen LogP contribution in [0.4, 0.5) is 11.4 Å². The van der Waals surface area contributed by atoms with E-state index in [1.54, 1.807) is 41.3 Å². The third kappa shape index (κ3) is 5.32. The lowest BCUT2D eigenvalue weighted by molar-refractivity contribution is -0.384. The third-order valence-corrected chi connectivity index (χ3v) is 5.68. The second kappa shape index (κ2) is 9.78. The highest BCUT2D eigenvalue weighted by Crippen LogP contribution is 2.21. The van der Waals surface area contributed by atoms with Gasteiger partial charge in [-0.25, -0.2) is 0 Å². The summed E-state index contributed by atoms with van der Waals surface area (Å²) in [5.41, 5.74) is 1.27. The standard InChI is InChI=1S/C22H25ClN4O4/c1-15(2)20(24-21(28)18-5-3-4-6-19(18)23)22(29)26-13-11-25(12-14-26)16-7-9-17(10-8-16)27(30)31/h3-10,15,20H,11-14H2,1-2H3,(H,24,28). The van der Waals surface area contributed by atoms with Crippen LogP contribution in [0.3, 0.4) is 0 Å². The minimum Gasteiger partial charge on any atom is -0.368 e. The van der Waals surface area contributed by atoms with E-state index in [0.29, 0.717) is 36.8 Å². The van der Waals surface area contributed by atoms with Gasteiger partial charge in [0.2, 0.25) is 5.91 Å². The SMILES string of the molecule is CC(C)C(NC(=O)c1ccccc1Cl)C(=O)N1CCN(c2ccc([N+](=O)[O-])cc2)CC1. The molecular weight excluding hydrogens is 420 g/mol. The Kier molecular flexibility index (Phi) is 7.12. The highest BCUT2D eigenvalue weighted by atomic mass is 35.5. The first-order valence-corrected chi connectivity index (χ1v) is 10.5. The van der Waals surface area contributed by atoms with Crippen molar-refractivity contribution in [3.05, 3.63) is 69.2 Å². The van der Waals surface area contributed by atoms with E-state index in [1.807, 2.05) is 13.8 Å². The van der Waals surface area contributed by atoms with E-state index in [-0.39, 0.29) is 23.4 Å². The summed E-state index contributed by atoms with van der Waals surface area (Å²) in [6.07, 6.45) is 0. The normalized spacial score (nSPS) is 15.0. The Hall–Kier alpha value is -3.13. The Morgan fingerprint density at radius 3 is 2.19 bits per heavy atom. The van der Waals surface area contributed by atoms with Crippen molar-refractivity contribution in [3.63, 3.8) is 0 Å². The molecule has 0 aliphatic carbocycles. The molecule has 0 bridgehead atoms. The summed E-state index contributed by atoms with van der Waals surface area (Å²) in [5, 5.41) is 14.0. The zero-order valence-corrected chi connectivity index (χ0v) is 18.2. The van der Waals surface area contributed by atoms with Gasteiger partial charge in [-0.1, -0.05) is 37.6 Å². The molecule has 0 radical (unpaired) electrons. The summed E-state index contributed by atoms with van der Waals surface area (Å²) < 4.78 is 0. The third-order valence-electron chi connectivity index (χ3n) is 5.35. The number of nitrogens with one attached hydrogen (secondary N) is 1. The molecule has 2 aromatic carbocycles. The summed E-state index contributed by atoms with van der Waals surface area (Å²) in [4.78, 5) is 40.0. The number of non-ortho nitro benzene ring substituents is 1. The summed E-state index contributed by atoms with van der Waals surface area (Å²) in [6.45, 7) is 5.99. The Labute approximate surface area is 185 Å². The van der Waals surface area contributed by atoms with Gasteiger partial charge in [0.25, 0.3) is 11.6 Å². The first kappa shape index (κ1) is 22.6. The molecule has 1 aliphatic rings. The molecule has 31 heavy (non-hydrogen) atoms. The lowest BCUT2D eigenvalue weighted by atomic mass is 10.0. The van der Waals surface area contributed by atoms with Crippen LogP contribution in [-0.4, -0.2) is 53.9 Å². The largest absolute Gasteiger partial charge is 0.368 e. The van der Waals surface area contributed by atoms with Gasteiger partial charge < -0.3 is 15.1 Å². The molecule has 9 heteroatoms. The highest BCUT2D eigenvalue weighted by molar-refractivity contribution is 6.33. The average molecular weight is 445 g/mol. The van der Waals surface area contributed by atoms with Crippen molar-refractivity contribution < 1.29 is 14.5 Å². The molecule has 0 aromatic heterocycles. The molecule has 1 saturated heterocycles. The molecule has 8 nitrogen and oxygen atoms in total. The van der Waals surface area contributed by atoms with Crippen LogP contribution >= 0.6 is 11.6 Å². The molecule has 1 fully saturated rings. The van der Waals surface area contributed by atoms with Gasteiger partial charge in [0.1, 0.15) is 6.04 Å². The van der Waals surface area contributed by atoms with Gasteiger partial charge in [0, 0.05) is 44.0 Å². The lowest BCUT2D eigenvalue weighted by Crippen LogP contribution is -2.56. The van der Waals surface area contributed by atoms with Gasteiger partial charge in [0.15, 0.2) is 0 Å². The van der Waals surface area contributed by atoms with E-state index in [9.17, 15) is 19.7 Å². The lowest BCUT2D eigenvalue weighted by Gasteiger charge is -2.38. The fourth-order valence-electron chi connectivity index (χ4n) is 3.54. The predicted molar refractivity (Wildman–Crippen MR) is 119 cm³/mol. The Morgan fingerprint density at radius 2 is 1.65 bits per heavy atom. The molecule has 1 aliphatic heterocycles. The van der Waals surface area contributed by atoms with E-state index in [4.69, 9.17) is 11.6 Å². The molecule has 0 saturated carbocycles. The smallest absolute Gasteiger partial charge is 0.269 e. The number of nitro groups is 1. The van der Waals surface area contributed by atoms with E-state index in [0.717, 1.165) is 5.69 Å². The molecule has 1 N–H and O–H groups in total.